The minimum absolute atomic E-state index is 0. The molecule has 0 aliphatic rings. The van der Waals surface area contributed by atoms with Crippen molar-refractivity contribution in [3.05, 3.63) is 78.6 Å². The van der Waals surface area contributed by atoms with E-state index < -0.39 is 0 Å². The summed E-state index contributed by atoms with van der Waals surface area (Å²) in [5.41, 5.74) is 2.44. The number of aromatic nitrogens is 2. The van der Waals surface area contributed by atoms with Gasteiger partial charge in [0.15, 0.2) is 0 Å². The van der Waals surface area contributed by atoms with Gasteiger partial charge in [0.2, 0.25) is 0 Å². The molecule has 0 fully saturated rings. The Labute approximate surface area is 129 Å². The molecular formula is C16H14BF3N2. The molecule has 0 spiro atoms. The molecule has 0 unspecified atom stereocenters. The van der Waals surface area contributed by atoms with Crippen molar-refractivity contribution in [1.29, 1.82) is 0 Å². The summed E-state index contributed by atoms with van der Waals surface area (Å²) in [6, 6.07) is 20.7. The minimum atomic E-state index is 0. The number of nitrogens with zero attached hydrogens (tertiary/aromatic N) is 2. The van der Waals surface area contributed by atoms with Gasteiger partial charge in [-0.3, -0.25) is 0 Å². The molecule has 3 aromatic rings. The number of halogens is 3. The second-order valence-electron chi connectivity index (χ2n) is 4.23. The maximum absolute atomic E-state index is 4.45. The average molecular weight is 302 g/mol. The first kappa shape index (κ1) is 21.8. The fourth-order valence-electron chi connectivity index (χ4n) is 2.06. The number of imidazole rings is 1. The zero-order valence-electron chi connectivity index (χ0n) is 11.7. The molecule has 0 aliphatic heterocycles. The van der Waals surface area contributed by atoms with Crippen molar-refractivity contribution in [1.82, 2.24) is 9.55 Å². The molecule has 0 amide bonds. The third-order valence-electron chi connectivity index (χ3n) is 2.94. The monoisotopic (exact) mass is 302 g/mol. The van der Waals surface area contributed by atoms with E-state index in [1.54, 1.807) is 0 Å². The number of benzene rings is 2. The normalized spacial score (nSPS) is 8.55. The van der Waals surface area contributed by atoms with Gasteiger partial charge in [0, 0.05) is 24.5 Å². The summed E-state index contributed by atoms with van der Waals surface area (Å²) in [6.45, 7) is 0.852. The van der Waals surface area contributed by atoms with Gasteiger partial charge in [0.1, 0.15) is 5.82 Å². The van der Waals surface area contributed by atoms with Gasteiger partial charge in [-0.1, -0.05) is 60.7 Å². The molecule has 0 saturated carbocycles. The molecule has 1 aromatic heterocycles. The van der Waals surface area contributed by atoms with Crippen LogP contribution in [-0.2, 0) is 6.54 Å². The van der Waals surface area contributed by atoms with Crippen LogP contribution in [-0.4, -0.2) is 18.0 Å². The number of rotatable bonds is 3. The largest absolute Gasteiger partial charge is 3.00 e. The van der Waals surface area contributed by atoms with Crippen LogP contribution in [0.25, 0.3) is 11.4 Å². The van der Waals surface area contributed by atoms with E-state index in [0.717, 1.165) is 17.9 Å². The van der Waals surface area contributed by atoms with Gasteiger partial charge < -0.3 is 18.7 Å². The van der Waals surface area contributed by atoms with E-state index in [4.69, 9.17) is 0 Å². The van der Waals surface area contributed by atoms with Gasteiger partial charge in [-0.15, -0.1) is 0 Å². The van der Waals surface area contributed by atoms with E-state index in [0.29, 0.717) is 0 Å². The van der Waals surface area contributed by atoms with E-state index in [1.807, 2.05) is 36.7 Å². The third kappa shape index (κ3) is 4.80. The van der Waals surface area contributed by atoms with Crippen molar-refractivity contribution in [2.45, 2.75) is 6.54 Å². The summed E-state index contributed by atoms with van der Waals surface area (Å²) < 4.78 is 2.17. The van der Waals surface area contributed by atoms with Crippen LogP contribution in [0, 0.1) is 0 Å². The molecule has 6 heteroatoms. The predicted octanol–water partition coefficient (Wildman–Crippen LogP) is -5.77. The summed E-state index contributed by atoms with van der Waals surface area (Å²) >= 11 is 0. The Morgan fingerprint density at radius 3 is 1.91 bits per heavy atom. The van der Waals surface area contributed by atoms with Gasteiger partial charge in [-0.2, -0.15) is 0 Å². The Hall–Kier alpha value is -2.50. The zero-order valence-corrected chi connectivity index (χ0v) is 11.7. The Morgan fingerprint density at radius 2 is 1.32 bits per heavy atom. The van der Waals surface area contributed by atoms with Crippen molar-refractivity contribution < 1.29 is 14.1 Å². The topological polar surface area (TPSA) is 17.8 Å². The summed E-state index contributed by atoms with van der Waals surface area (Å²) in [5, 5.41) is 0. The molecule has 0 bridgehead atoms. The SMILES string of the molecule is [B+3].[F-].[F-].[F-].c1ccc(Cn2ccnc2-c2ccccc2)cc1. The van der Waals surface area contributed by atoms with Crippen LogP contribution in [0.4, 0.5) is 0 Å². The van der Waals surface area contributed by atoms with Crippen LogP contribution in [0.15, 0.2) is 73.1 Å². The van der Waals surface area contributed by atoms with Crippen LogP contribution in [0.5, 0.6) is 0 Å². The zero-order chi connectivity index (χ0) is 12.2. The van der Waals surface area contributed by atoms with Crippen molar-refractivity contribution in [3.63, 3.8) is 0 Å². The summed E-state index contributed by atoms with van der Waals surface area (Å²) in [6.07, 6.45) is 3.88. The van der Waals surface area contributed by atoms with Gasteiger partial charge in [0.05, 0.1) is 0 Å². The quantitative estimate of drug-likeness (QED) is 0.441. The van der Waals surface area contributed by atoms with Crippen LogP contribution >= 0.6 is 0 Å². The Balaban J connectivity index is 0. The molecule has 22 heavy (non-hydrogen) atoms. The number of hydrogen-bond donors (Lipinski definition) is 0. The molecule has 0 N–H and O–H groups in total. The minimum Gasteiger partial charge on any atom is -1.00 e. The van der Waals surface area contributed by atoms with Crippen molar-refractivity contribution in [2.24, 2.45) is 0 Å². The Bertz CT molecular complexity index is 630. The van der Waals surface area contributed by atoms with Crippen LogP contribution in [0.3, 0.4) is 0 Å². The molecule has 0 radical (unpaired) electrons. The van der Waals surface area contributed by atoms with Gasteiger partial charge >= 0.3 is 8.41 Å². The Morgan fingerprint density at radius 1 is 0.773 bits per heavy atom. The fourth-order valence-corrected chi connectivity index (χ4v) is 2.06. The first-order valence-corrected chi connectivity index (χ1v) is 6.04. The van der Waals surface area contributed by atoms with E-state index in [2.05, 4.69) is 45.9 Å². The summed E-state index contributed by atoms with van der Waals surface area (Å²) in [5.74, 6) is 1.01. The molecule has 112 valence electrons. The average Bonchev–Trinajstić information content (AvgIpc) is 2.89. The number of hydrogen-bond acceptors (Lipinski definition) is 1. The molecule has 2 nitrogen and oxygen atoms in total. The third-order valence-corrected chi connectivity index (χ3v) is 2.94. The van der Waals surface area contributed by atoms with Gasteiger partial charge in [0.25, 0.3) is 0 Å². The van der Waals surface area contributed by atoms with Crippen LogP contribution < -0.4 is 14.1 Å². The van der Waals surface area contributed by atoms with Crippen molar-refractivity contribution in [2.75, 3.05) is 0 Å². The first-order valence-electron chi connectivity index (χ1n) is 6.04. The van der Waals surface area contributed by atoms with Crippen LogP contribution in [0.1, 0.15) is 5.56 Å². The molecule has 0 atom stereocenters. The van der Waals surface area contributed by atoms with Gasteiger partial charge in [-0.05, 0) is 5.56 Å². The van der Waals surface area contributed by atoms with E-state index in [1.165, 1.54) is 5.56 Å². The van der Waals surface area contributed by atoms with E-state index in [9.17, 15) is 0 Å². The fraction of sp³-hybridized carbons (Fsp3) is 0.0625. The molecule has 1 heterocycles. The van der Waals surface area contributed by atoms with Crippen LogP contribution in [0.2, 0.25) is 0 Å². The summed E-state index contributed by atoms with van der Waals surface area (Å²) in [7, 11) is 0. The predicted molar refractivity (Wildman–Crippen MR) is 79.0 cm³/mol. The molecule has 3 rings (SSSR count). The molecular weight excluding hydrogens is 288 g/mol. The Kier molecular flexibility index (Phi) is 10.2. The van der Waals surface area contributed by atoms with Gasteiger partial charge in [-0.25, -0.2) is 4.98 Å². The molecule has 2 aromatic carbocycles. The maximum atomic E-state index is 4.45. The van der Waals surface area contributed by atoms with Crippen molar-refractivity contribution >= 4 is 8.41 Å². The smallest absolute Gasteiger partial charge is 1.00 e. The maximum Gasteiger partial charge on any atom is 3.00 e. The van der Waals surface area contributed by atoms with E-state index >= 15 is 0 Å². The standard InChI is InChI=1S/C16H14N2.B.3FH/c1-3-7-14(8-4-1)13-18-12-11-17-16(18)15-9-5-2-6-10-15;;;;/h1-12H,13H2;;3*1H/q;+3;;;/p-3. The first-order chi connectivity index (χ1) is 8.93. The van der Waals surface area contributed by atoms with Crippen molar-refractivity contribution in [3.8, 4) is 11.4 Å². The summed E-state index contributed by atoms with van der Waals surface area (Å²) in [4.78, 5) is 4.45. The van der Waals surface area contributed by atoms with E-state index in [-0.39, 0.29) is 22.5 Å². The second kappa shape index (κ2) is 10.3. The second-order valence-corrected chi connectivity index (χ2v) is 4.23. The molecule has 0 saturated heterocycles. The molecule has 0 aliphatic carbocycles.